The molecule has 2 aliphatic heterocycles. The Kier molecular flexibility index (Phi) is 7.39. The molecule has 7 atom stereocenters. The Morgan fingerprint density at radius 3 is 2.53 bits per heavy atom. The minimum Gasteiger partial charge on any atom is -0.462 e. The molecule has 8 heteroatoms. The molecular formula is C28H42O7Si. The van der Waals surface area contributed by atoms with Gasteiger partial charge in [0.05, 0.1) is 32.3 Å². The highest BCUT2D eigenvalue weighted by atomic mass is 28.3. The number of benzene rings is 1. The zero-order valence-corrected chi connectivity index (χ0v) is 23.4. The van der Waals surface area contributed by atoms with Gasteiger partial charge < -0.3 is 28.4 Å². The molecule has 1 aromatic carbocycles. The van der Waals surface area contributed by atoms with Crippen molar-refractivity contribution >= 4 is 14.0 Å². The highest BCUT2D eigenvalue weighted by molar-refractivity contribution is 6.76. The van der Waals surface area contributed by atoms with Crippen molar-refractivity contribution in [1.82, 2.24) is 0 Å². The second-order valence-electron chi connectivity index (χ2n) is 12.7. The smallest absolute Gasteiger partial charge is 0.309 e. The van der Waals surface area contributed by atoms with E-state index < -0.39 is 19.5 Å². The van der Waals surface area contributed by atoms with Crippen LogP contribution in [0.2, 0.25) is 25.7 Å². The van der Waals surface area contributed by atoms with E-state index >= 15 is 0 Å². The molecule has 3 saturated carbocycles. The molecule has 1 aromatic rings. The van der Waals surface area contributed by atoms with Crippen molar-refractivity contribution in [3.63, 3.8) is 0 Å². The van der Waals surface area contributed by atoms with Gasteiger partial charge in [-0.15, -0.1) is 0 Å². The Labute approximate surface area is 216 Å². The molecule has 2 heterocycles. The molecule has 0 unspecified atom stereocenters. The van der Waals surface area contributed by atoms with Crippen LogP contribution in [0.1, 0.15) is 32.3 Å². The van der Waals surface area contributed by atoms with E-state index in [9.17, 15) is 4.79 Å². The maximum atomic E-state index is 12.6. The molecule has 1 spiro atoms. The third kappa shape index (κ3) is 5.31. The second-order valence-corrected chi connectivity index (χ2v) is 18.3. The minimum absolute atomic E-state index is 0.0177. The fraction of sp³-hybridized carbons (Fsp3) is 0.750. The van der Waals surface area contributed by atoms with Crippen LogP contribution in [-0.4, -0.2) is 64.3 Å². The summed E-state index contributed by atoms with van der Waals surface area (Å²) in [5.41, 5.74) is 0.490. The predicted molar refractivity (Wildman–Crippen MR) is 137 cm³/mol. The Morgan fingerprint density at radius 2 is 1.78 bits per heavy atom. The van der Waals surface area contributed by atoms with Gasteiger partial charge in [-0.2, -0.15) is 0 Å². The Hall–Kier alpha value is -1.29. The van der Waals surface area contributed by atoms with Crippen molar-refractivity contribution in [3.05, 3.63) is 35.9 Å². The third-order valence-corrected chi connectivity index (χ3v) is 10.1. The van der Waals surface area contributed by atoms with Gasteiger partial charge in [0, 0.05) is 20.6 Å². The maximum Gasteiger partial charge on any atom is 0.309 e. The summed E-state index contributed by atoms with van der Waals surface area (Å²) in [7, 11) is -1.13. The average molecular weight is 519 g/mol. The topological polar surface area (TPSA) is 72.5 Å². The third-order valence-electron chi connectivity index (χ3n) is 8.35. The molecule has 7 nitrogen and oxygen atoms in total. The number of fused-ring (bicyclic) bond motifs is 1. The molecule has 3 aliphatic carbocycles. The lowest BCUT2D eigenvalue weighted by atomic mass is 9.49. The predicted octanol–water partition coefficient (Wildman–Crippen LogP) is 4.62. The fourth-order valence-corrected chi connectivity index (χ4v) is 7.74. The molecule has 0 radical (unpaired) electrons. The monoisotopic (exact) mass is 518 g/mol. The van der Waals surface area contributed by atoms with Gasteiger partial charge in [0.25, 0.3) is 0 Å². The van der Waals surface area contributed by atoms with Crippen LogP contribution in [-0.2, 0) is 39.8 Å². The lowest BCUT2D eigenvalue weighted by Gasteiger charge is -2.62. The van der Waals surface area contributed by atoms with E-state index in [4.69, 9.17) is 28.4 Å². The van der Waals surface area contributed by atoms with Crippen LogP contribution in [0.25, 0.3) is 0 Å². The first-order valence-corrected chi connectivity index (χ1v) is 17.1. The minimum atomic E-state index is -1.13. The number of esters is 1. The molecule has 6 rings (SSSR count). The second kappa shape index (κ2) is 10.1. The van der Waals surface area contributed by atoms with Gasteiger partial charge in [-0.3, -0.25) is 4.79 Å². The van der Waals surface area contributed by atoms with Crippen molar-refractivity contribution < 1.29 is 33.2 Å². The van der Waals surface area contributed by atoms with E-state index in [0.717, 1.165) is 24.6 Å². The number of carbonyl (C=O) groups excluding carboxylic acids is 1. The van der Waals surface area contributed by atoms with E-state index in [0.29, 0.717) is 26.6 Å². The van der Waals surface area contributed by atoms with Crippen molar-refractivity contribution in [2.24, 2.45) is 23.7 Å². The van der Waals surface area contributed by atoms with E-state index in [1.165, 1.54) is 0 Å². The zero-order chi connectivity index (χ0) is 25.6. The average Bonchev–Trinajstić information content (AvgIpc) is 3.07. The molecule has 4 bridgehead atoms. The summed E-state index contributed by atoms with van der Waals surface area (Å²) in [4.78, 5) is 12.6. The molecule has 36 heavy (non-hydrogen) atoms. The highest BCUT2D eigenvalue weighted by Gasteiger charge is 2.74. The first kappa shape index (κ1) is 26.3. The van der Waals surface area contributed by atoms with Crippen LogP contribution in [0.5, 0.6) is 0 Å². The number of carbonyl (C=O) groups is 1. The standard InChI is InChI=1S/C28H42O7Si/c1-27(2)34-26-20-13-23-25(28(26,35-27)14-24(29)33-23)22(17-31-15-19-9-7-6-8-10-19)21(20)16-32-18-30-11-12-36(3,4)5/h6-10,20-23,25-26H,11-18H2,1-5H3/t20-,21+,22-,23+,25-,26+,28-/m0/s1. The lowest BCUT2D eigenvalue weighted by molar-refractivity contribution is -0.269. The van der Waals surface area contributed by atoms with E-state index in [-0.39, 0.29) is 48.3 Å². The molecule has 200 valence electrons. The molecule has 2 saturated heterocycles. The van der Waals surface area contributed by atoms with Crippen LogP contribution in [0.4, 0.5) is 0 Å². The summed E-state index contributed by atoms with van der Waals surface area (Å²) in [5.74, 6) is -0.378. The number of hydrogen-bond acceptors (Lipinski definition) is 7. The molecular weight excluding hydrogens is 476 g/mol. The van der Waals surface area contributed by atoms with Crippen LogP contribution >= 0.6 is 0 Å². The molecule has 5 fully saturated rings. The van der Waals surface area contributed by atoms with Crippen molar-refractivity contribution in [3.8, 4) is 0 Å². The SMILES string of the molecule is CC1(C)O[C@@H]2[C@H]3C[C@H]4OC(=O)C[C@]2(O1)[C@H]4[C@@H](COCc1ccccc1)[C@@H]3COCOCC[Si](C)(C)C. The Bertz CT molecular complexity index is 916. The van der Waals surface area contributed by atoms with E-state index in [2.05, 4.69) is 31.8 Å². The first-order valence-electron chi connectivity index (χ1n) is 13.4. The van der Waals surface area contributed by atoms with Gasteiger partial charge in [-0.05, 0) is 49.6 Å². The van der Waals surface area contributed by atoms with Crippen molar-refractivity contribution in [2.75, 3.05) is 26.6 Å². The zero-order valence-electron chi connectivity index (χ0n) is 22.4. The number of hydrogen-bond donors (Lipinski definition) is 0. The number of ether oxygens (including phenoxy) is 6. The maximum absolute atomic E-state index is 12.6. The largest absolute Gasteiger partial charge is 0.462 e. The van der Waals surface area contributed by atoms with Crippen molar-refractivity contribution in [2.45, 2.75) is 82.6 Å². The summed E-state index contributed by atoms with van der Waals surface area (Å²) < 4.78 is 37.2. The van der Waals surface area contributed by atoms with Gasteiger partial charge in [-0.1, -0.05) is 50.0 Å². The summed E-state index contributed by atoms with van der Waals surface area (Å²) in [6.45, 7) is 13.7. The Morgan fingerprint density at radius 1 is 1.03 bits per heavy atom. The van der Waals surface area contributed by atoms with Gasteiger partial charge >= 0.3 is 5.97 Å². The van der Waals surface area contributed by atoms with Gasteiger partial charge in [-0.25, -0.2) is 0 Å². The first-order chi connectivity index (χ1) is 17.1. The summed E-state index contributed by atoms with van der Waals surface area (Å²) in [6, 6.07) is 11.3. The van der Waals surface area contributed by atoms with E-state index in [1.807, 2.05) is 32.0 Å². The van der Waals surface area contributed by atoms with Crippen LogP contribution < -0.4 is 0 Å². The lowest BCUT2D eigenvalue weighted by Crippen LogP contribution is -2.72. The molecule has 5 aliphatic rings. The quantitative estimate of drug-likeness (QED) is 0.183. The Balaban J connectivity index is 1.31. The highest BCUT2D eigenvalue weighted by Crippen LogP contribution is 2.64. The van der Waals surface area contributed by atoms with Crippen molar-refractivity contribution in [1.29, 1.82) is 0 Å². The molecule has 0 aromatic heterocycles. The van der Waals surface area contributed by atoms with Crippen LogP contribution in [0, 0.1) is 23.7 Å². The number of rotatable bonds is 11. The van der Waals surface area contributed by atoms with Gasteiger partial charge in [0.15, 0.2) is 5.79 Å². The van der Waals surface area contributed by atoms with E-state index in [1.54, 1.807) is 0 Å². The molecule has 0 N–H and O–H groups in total. The van der Waals surface area contributed by atoms with Gasteiger partial charge in [0.1, 0.15) is 18.5 Å². The van der Waals surface area contributed by atoms with Gasteiger partial charge in [0.2, 0.25) is 0 Å². The fourth-order valence-electron chi connectivity index (χ4n) is 6.98. The van der Waals surface area contributed by atoms with Crippen LogP contribution in [0.15, 0.2) is 30.3 Å². The molecule has 0 amide bonds. The summed E-state index contributed by atoms with van der Waals surface area (Å²) >= 11 is 0. The normalized spacial score (nSPS) is 36.5. The van der Waals surface area contributed by atoms with Crippen LogP contribution in [0.3, 0.4) is 0 Å². The summed E-state index contributed by atoms with van der Waals surface area (Å²) in [5, 5.41) is 0. The summed E-state index contributed by atoms with van der Waals surface area (Å²) in [6.07, 6.45) is 0.705.